The molecule has 0 aromatic heterocycles. The molecule has 3 amide bonds. The second-order valence-electron chi connectivity index (χ2n) is 11.0. The van der Waals surface area contributed by atoms with Crippen LogP contribution in [0.5, 0.6) is 0 Å². The number of rotatable bonds is 13. The van der Waals surface area contributed by atoms with E-state index in [0.29, 0.717) is 30.5 Å². The van der Waals surface area contributed by atoms with Gasteiger partial charge in [-0.2, -0.15) is 0 Å². The second kappa shape index (κ2) is 15.3. The number of nitrogens with one attached hydrogen (secondary N) is 2. The van der Waals surface area contributed by atoms with E-state index in [1.165, 1.54) is 0 Å². The molecule has 3 unspecified atom stereocenters. The molecule has 0 fully saturated rings. The van der Waals surface area contributed by atoms with Crippen molar-refractivity contribution in [3.8, 4) is 12.3 Å². The molecule has 0 heterocycles. The maximum Gasteiger partial charge on any atom is 0.408 e. The third kappa shape index (κ3) is 10.9. The normalized spacial score (nSPS) is 13.7. The number of nitrogens with zero attached hydrogens (tertiary/aromatic N) is 1. The van der Waals surface area contributed by atoms with Gasteiger partial charge in [0, 0.05) is 18.2 Å². The highest BCUT2D eigenvalue weighted by molar-refractivity contribution is 5.92. The summed E-state index contributed by atoms with van der Waals surface area (Å²) in [5.41, 5.74) is 0.442. The predicted molar refractivity (Wildman–Crippen MR) is 149 cm³/mol. The summed E-state index contributed by atoms with van der Waals surface area (Å²) in [6.07, 6.45) is 8.80. The lowest BCUT2D eigenvalue weighted by Gasteiger charge is -2.36. The first kappa shape index (κ1) is 32.0. The largest absolute Gasteiger partial charge is 0.444 e. The van der Waals surface area contributed by atoms with Gasteiger partial charge in [-0.3, -0.25) is 9.59 Å². The van der Waals surface area contributed by atoms with Gasteiger partial charge in [0.05, 0.1) is 0 Å². The van der Waals surface area contributed by atoms with E-state index in [0.717, 1.165) is 19.3 Å². The molecule has 3 atom stereocenters. The standard InChI is InChI=1S/C30H47N3O4/c1-10-13-19-33(28(35)25(20-21(4)5)32-29(36)37-30(7,8)9)26(27(34)31-22(6)16-11-2)24-18-15-14-17-23(24)12-3/h3,14-15,17-18,21-22,25-26H,10-11,13,16,19-20H2,1-2,4-9H3,(H,31,34)(H,32,36). The summed E-state index contributed by atoms with van der Waals surface area (Å²) >= 11 is 0. The number of unbranched alkanes of at least 4 members (excludes halogenated alkanes) is 1. The molecule has 206 valence electrons. The maximum atomic E-state index is 14.1. The molecule has 0 saturated carbocycles. The SMILES string of the molecule is C#Cc1ccccc1C(C(=O)NC(C)CCC)N(CCCC)C(=O)C(CC(C)C)NC(=O)OC(C)(C)C. The Bertz CT molecular complexity index is 929. The van der Waals surface area contributed by atoms with Gasteiger partial charge in [0.2, 0.25) is 11.8 Å². The number of hydrogen-bond acceptors (Lipinski definition) is 4. The molecule has 7 nitrogen and oxygen atoms in total. The Morgan fingerprint density at radius 2 is 1.70 bits per heavy atom. The summed E-state index contributed by atoms with van der Waals surface area (Å²) in [5.74, 6) is 2.17. The molecule has 7 heteroatoms. The van der Waals surface area contributed by atoms with Crippen LogP contribution in [-0.2, 0) is 14.3 Å². The lowest BCUT2D eigenvalue weighted by atomic mass is 9.95. The van der Waals surface area contributed by atoms with Crippen LogP contribution in [0.15, 0.2) is 24.3 Å². The van der Waals surface area contributed by atoms with Gasteiger partial charge in [0.15, 0.2) is 0 Å². The Kier molecular flexibility index (Phi) is 13.2. The highest BCUT2D eigenvalue weighted by atomic mass is 16.6. The van der Waals surface area contributed by atoms with Crippen LogP contribution < -0.4 is 10.6 Å². The molecule has 2 N–H and O–H groups in total. The van der Waals surface area contributed by atoms with Crippen molar-refractivity contribution in [2.75, 3.05) is 6.54 Å². The third-order valence-electron chi connectivity index (χ3n) is 5.81. The lowest BCUT2D eigenvalue weighted by Crippen LogP contribution is -2.54. The Balaban J connectivity index is 3.56. The third-order valence-corrected chi connectivity index (χ3v) is 5.81. The van der Waals surface area contributed by atoms with Crippen LogP contribution in [0.25, 0.3) is 0 Å². The fourth-order valence-corrected chi connectivity index (χ4v) is 4.18. The van der Waals surface area contributed by atoms with Crippen LogP contribution >= 0.6 is 0 Å². The number of alkyl carbamates (subject to hydrolysis) is 1. The monoisotopic (exact) mass is 513 g/mol. The molecule has 0 spiro atoms. The van der Waals surface area contributed by atoms with Crippen molar-refractivity contribution in [1.82, 2.24) is 15.5 Å². The maximum absolute atomic E-state index is 14.1. The average Bonchev–Trinajstić information content (AvgIpc) is 2.79. The van der Waals surface area contributed by atoms with Crippen LogP contribution in [0.2, 0.25) is 0 Å². The second-order valence-corrected chi connectivity index (χ2v) is 11.0. The summed E-state index contributed by atoms with van der Waals surface area (Å²) in [6, 6.07) is 5.37. The summed E-state index contributed by atoms with van der Waals surface area (Å²) < 4.78 is 5.44. The minimum Gasteiger partial charge on any atom is -0.444 e. The van der Waals surface area contributed by atoms with Gasteiger partial charge in [-0.05, 0) is 64.5 Å². The minimum absolute atomic E-state index is 0.0625. The summed E-state index contributed by atoms with van der Waals surface area (Å²) in [4.78, 5) is 42.2. The summed E-state index contributed by atoms with van der Waals surface area (Å²) in [5, 5.41) is 5.85. The van der Waals surface area contributed by atoms with Crippen molar-refractivity contribution in [2.24, 2.45) is 5.92 Å². The molecule has 1 aromatic carbocycles. The molecule has 0 saturated heterocycles. The van der Waals surface area contributed by atoms with E-state index in [2.05, 4.69) is 23.5 Å². The van der Waals surface area contributed by atoms with Gasteiger partial charge in [0.1, 0.15) is 17.7 Å². The van der Waals surface area contributed by atoms with E-state index in [-0.39, 0.29) is 23.8 Å². The Hall–Kier alpha value is -3.01. The highest BCUT2D eigenvalue weighted by Gasteiger charge is 2.37. The topological polar surface area (TPSA) is 87.7 Å². The van der Waals surface area contributed by atoms with Crippen molar-refractivity contribution >= 4 is 17.9 Å². The number of benzene rings is 1. The fourth-order valence-electron chi connectivity index (χ4n) is 4.18. The first-order valence-corrected chi connectivity index (χ1v) is 13.5. The van der Waals surface area contributed by atoms with Gasteiger partial charge in [-0.15, -0.1) is 6.42 Å². The lowest BCUT2D eigenvalue weighted by molar-refractivity contribution is -0.143. The Morgan fingerprint density at radius 1 is 1.05 bits per heavy atom. The van der Waals surface area contributed by atoms with Crippen molar-refractivity contribution in [1.29, 1.82) is 0 Å². The van der Waals surface area contributed by atoms with Crippen molar-refractivity contribution in [2.45, 2.75) is 111 Å². The van der Waals surface area contributed by atoms with E-state index in [1.807, 2.05) is 39.8 Å². The molecular formula is C30H47N3O4. The Morgan fingerprint density at radius 3 is 2.24 bits per heavy atom. The van der Waals surface area contributed by atoms with Gasteiger partial charge in [-0.1, -0.05) is 64.7 Å². The fraction of sp³-hybridized carbons (Fsp3) is 0.633. The summed E-state index contributed by atoms with van der Waals surface area (Å²) in [6.45, 7) is 15.7. The highest BCUT2D eigenvalue weighted by Crippen LogP contribution is 2.27. The van der Waals surface area contributed by atoms with E-state index in [9.17, 15) is 14.4 Å². The van der Waals surface area contributed by atoms with E-state index >= 15 is 0 Å². The molecule has 0 bridgehead atoms. The molecule has 0 aliphatic rings. The molecular weight excluding hydrogens is 466 g/mol. The minimum atomic E-state index is -0.930. The molecule has 1 aromatic rings. The van der Waals surface area contributed by atoms with Crippen LogP contribution in [0.1, 0.15) is 105 Å². The van der Waals surface area contributed by atoms with Crippen molar-refractivity contribution in [3.05, 3.63) is 35.4 Å². The van der Waals surface area contributed by atoms with Gasteiger partial charge >= 0.3 is 6.09 Å². The molecule has 1 rings (SSSR count). The van der Waals surface area contributed by atoms with Crippen LogP contribution in [-0.4, -0.2) is 47.0 Å². The number of amides is 3. The number of ether oxygens (including phenoxy) is 1. The molecule has 0 aliphatic carbocycles. The number of carbonyl (C=O) groups excluding carboxylic acids is 3. The zero-order chi connectivity index (χ0) is 28.2. The van der Waals surface area contributed by atoms with E-state index in [1.54, 1.807) is 37.8 Å². The van der Waals surface area contributed by atoms with E-state index < -0.39 is 23.8 Å². The zero-order valence-electron chi connectivity index (χ0n) is 24.0. The smallest absolute Gasteiger partial charge is 0.408 e. The predicted octanol–water partition coefficient (Wildman–Crippen LogP) is 5.58. The van der Waals surface area contributed by atoms with Crippen molar-refractivity contribution in [3.63, 3.8) is 0 Å². The first-order chi connectivity index (χ1) is 17.3. The zero-order valence-corrected chi connectivity index (χ0v) is 24.0. The summed E-state index contributed by atoms with van der Waals surface area (Å²) in [7, 11) is 0. The van der Waals surface area contributed by atoms with E-state index in [4.69, 9.17) is 11.2 Å². The van der Waals surface area contributed by atoms with Crippen LogP contribution in [0.3, 0.4) is 0 Å². The number of hydrogen-bond donors (Lipinski definition) is 2. The number of terminal acetylenes is 1. The van der Waals surface area contributed by atoms with Gasteiger partial charge < -0.3 is 20.3 Å². The molecule has 0 radical (unpaired) electrons. The molecule has 0 aliphatic heterocycles. The number of carbonyl (C=O) groups is 3. The van der Waals surface area contributed by atoms with Crippen LogP contribution in [0, 0.1) is 18.3 Å². The molecule has 37 heavy (non-hydrogen) atoms. The van der Waals surface area contributed by atoms with Crippen LogP contribution in [0.4, 0.5) is 4.79 Å². The van der Waals surface area contributed by atoms with Crippen molar-refractivity contribution < 1.29 is 19.1 Å². The quantitative estimate of drug-likeness (QED) is 0.337. The Labute approximate surface area is 224 Å². The van der Waals surface area contributed by atoms with Gasteiger partial charge in [-0.25, -0.2) is 4.79 Å². The average molecular weight is 514 g/mol. The first-order valence-electron chi connectivity index (χ1n) is 13.5. The van der Waals surface area contributed by atoms with Gasteiger partial charge in [0.25, 0.3) is 0 Å².